The van der Waals surface area contributed by atoms with E-state index in [0.717, 1.165) is 6.42 Å². The molecule has 3 aromatic rings. The first-order valence-electron chi connectivity index (χ1n) is 8.30. The van der Waals surface area contributed by atoms with Gasteiger partial charge in [0.25, 0.3) is 0 Å². The highest BCUT2D eigenvalue weighted by molar-refractivity contribution is 6.06. The molecule has 130 valence electrons. The summed E-state index contributed by atoms with van der Waals surface area (Å²) in [6.45, 7) is 2.07. The van der Waals surface area contributed by atoms with Crippen molar-refractivity contribution in [2.24, 2.45) is 0 Å². The number of phenolic OH excluding ortho intramolecular Hbond substituents is 1. The van der Waals surface area contributed by atoms with Crippen LogP contribution < -0.4 is 0 Å². The van der Waals surface area contributed by atoms with E-state index in [-0.39, 0.29) is 17.1 Å². The molecule has 3 rings (SSSR count). The Hall–Kier alpha value is -3.40. The minimum Gasteiger partial charge on any atom is -0.507 e. The number of ketones is 1. The van der Waals surface area contributed by atoms with Crippen LogP contribution in [-0.4, -0.2) is 17.2 Å². The molecule has 0 aliphatic carbocycles. The first-order chi connectivity index (χ1) is 12.6. The van der Waals surface area contributed by atoms with E-state index in [0.29, 0.717) is 28.9 Å². The molecule has 0 fully saturated rings. The molecule has 0 unspecified atom stereocenters. The van der Waals surface area contributed by atoms with Gasteiger partial charge in [-0.15, -0.1) is 0 Å². The zero-order valence-electron chi connectivity index (χ0n) is 14.3. The summed E-state index contributed by atoms with van der Waals surface area (Å²) in [5.41, 5.74) is 2.68. The van der Waals surface area contributed by atoms with Crippen LogP contribution in [-0.2, 0) is 6.42 Å². The third-order valence-corrected chi connectivity index (χ3v) is 4.11. The Morgan fingerprint density at radius 3 is 2.54 bits per heavy atom. The smallest absolute Gasteiger partial charge is 0.185 e. The van der Waals surface area contributed by atoms with E-state index in [9.17, 15) is 14.7 Å². The zero-order chi connectivity index (χ0) is 18.5. The number of allylic oxidation sites excluding steroid dienone is 1. The lowest BCUT2D eigenvalue weighted by Gasteiger charge is -2.00. The summed E-state index contributed by atoms with van der Waals surface area (Å²) in [5, 5.41) is 9.56. The fraction of sp³-hybridized carbons (Fsp3) is 0.0909. The van der Waals surface area contributed by atoms with Crippen LogP contribution in [0, 0.1) is 0 Å². The Bertz CT molecular complexity index is 962. The van der Waals surface area contributed by atoms with Gasteiger partial charge in [-0.2, -0.15) is 0 Å². The van der Waals surface area contributed by atoms with Crippen molar-refractivity contribution in [1.82, 2.24) is 0 Å². The van der Waals surface area contributed by atoms with E-state index < -0.39 is 0 Å². The van der Waals surface area contributed by atoms with E-state index in [4.69, 9.17) is 4.42 Å². The predicted molar refractivity (Wildman–Crippen MR) is 100 cm³/mol. The topological polar surface area (TPSA) is 67.5 Å². The Kier molecular flexibility index (Phi) is 5.13. The second-order valence-corrected chi connectivity index (χ2v) is 5.84. The summed E-state index contributed by atoms with van der Waals surface area (Å²) in [7, 11) is 0. The number of aromatic hydroxyl groups is 1. The van der Waals surface area contributed by atoms with Gasteiger partial charge < -0.3 is 9.52 Å². The maximum atomic E-state index is 12.2. The largest absolute Gasteiger partial charge is 0.507 e. The first kappa shape index (κ1) is 17.4. The molecule has 0 aliphatic heterocycles. The van der Waals surface area contributed by atoms with E-state index in [1.165, 1.54) is 17.7 Å². The highest BCUT2D eigenvalue weighted by Crippen LogP contribution is 2.27. The Balaban J connectivity index is 1.76. The summed E-state index contributed by atoms with van der Waals surface area (Å²) >= 11 is 0. The van der Waals surface area contributed by atoms with E-state index in [1.54, 1.807) is 30.3 Å². The predicted octanol–water partition coefficient (Wildman–Crippen LogP) is 4.92. The quantitative estimate of drug-likeness (QED) is 0.391. The van der Waals surface area contributed by atoms with Crippen LogP contribution in [0.15, 0.2) is 65.1 Å². The molecule has 0 saturated carbocycles. The third-order valence-electron chi connectivity index (χ3n) is 4.11. The fourth-order valence-electron chi connectivity index (χ4n) is 2.56. The van der Waals surface area contributed by atoms with Gasteiger partial charge in [-0.05, 0) is 54.5 Å². The molecule has 26 heavy (non-hydrogen) atoms. The van der Waals surface area contributed by atoms with E-state index >= 15 is 0 Å². The van der Waals surface area contributed by atoms with Crippen LogP contribution in [0.25, 0.3) is 17.4 Å². The van der Waals surface area contributed by atoms with Crippen molar-refractivity contribution in [2.75, 3.05) is 0 Å². The molecule has 0 bridgehead atoms. The summed E-state index contributed by atoms with van der Waals surface area (Å²) in [4.78, 5) is 23.1. The van der Waals surface area contributed by atoms with Gasteiger partial charge in [0.15, 0.2) is 12.1 Å². The number of carbonyl (C=O) groups is 2. The van der Waals surface area contributed by atoms with Gasteiger partial charge in [0.1, 0.15) is 17.3 Å². The van der Waals surface area contributed by atoms with Crippen LogP contribution in [0.3, 0.4) is 0 Å². The summed E-state index contributed by atoms with van der Waals surface area (Å²) in [6, 6.07) is 15.7. The van der Waals surface area contributed by atoms with Crippen molar-refractivity contribution in [1.29, 1.82) is 0 Å². The van der Waals surface area contributed by atoms with Crippen molar-refractivity contribution >= 4 is 18.1 Å². The Morgan fingerprint density at radius 2 is 1.85 bits per heavy atom. The molecule has 0 radical (unpaired) electrons. The van der Waals surface area contributed by atoms with Crippen molar-refractivity contribution in [2.45, 2.75) is 13.3 Å². The van der Waals surface area contributed by atoms with Gasteiger partial charge in [-0.1, -0.05) is 31.2 Å². The first-order valence-corrected chi connectivity index (χ1v) is 8.30. The minimum absolute atomic E-state index is 0.0740. The number of phenols is 1. The monoisotopic (exact) mass is 346 g/mol. The van der Waals surface area contributed by atoms with Crippen LogP contribution in [0.4, 0.5) is 0 Å². The third kappa shape index (κ3) is 3.81. The van der Waals surface area contributed by atoms with E-state index in [1.807, 2.05) is 24.3 Å². The van der Waals surface area contributed by atoms with Crippen molar-refractivity contribution in [3.05, 3.63) is 83.1 Å². The number of aryl methyl sites for hydroxylation is 1. The Morgan fingerprint density at radius 1 is 1.08 bits per heavy atom. The summed E-state index contributed by atoms with van der Waals surface area (Å²) < 4.78 is 5.70. The normalized spacial score (nSPS) is 11.0. The van der Waals surface area contributed by atoms with Gasteiger partial charge in [0.2, 0.25) is 0 Å². The minimum atomic E-state index is -0.0986. The highest BCUT2D eigenvalue weighted by Gasteiger charge is 2.08. The number of benzene rings is 2. The van der Waals surface area contributed by atoms with Gasteiger partial charge in [-0.25, -0.2) is 0 Å². The van der Waals surface area contributed by atoms with Crippen molar-refractivity contribution in [3.8, 4) is 17.1 Å². The summed E-state index contributed by atoms with van der Waals surface area (Å²) in [5.74, 6) is 0.903. The molecule has 0 saturated heterocycles. The molecule has 1 aromatic heterocycles. The molecule has 0 amide bonds. The highest BCUT2D eigenvalue weighted by atomic mass is 16.3. The molecular weight excluding hydrogens is 328 g/mol. The average molecular weight is 346 g/mol. The molecule has 2 aromatic carbocycles. The Labute approximate surface area is 151 Å². The van der Waals surface area contributed by atoms with Crippen LogP contribution in [0.1, 0.15) is 39.0 Å². The molecule has 4 heteroatoms. The second kappa shape index (κ2) is 7.66. The van der Waals surface area contributed by atoms with Crippen LogP contribution in [0.5, 0.6) is 5.75 Å². The number of carbonyl (C=O) groups excluding carboxylic acids is 2. The van der Waals surface area contributed by atoms with Crippen molar-refractivity contribution in [3.63, 3.8) is 0 Å². The van der Waals surface area contributed by atoms with Crippen LogP contribution >= 0.6 is 0 Å². The number of rotatable bonds is 6. The molecule has 4 nitrogen and oxygen atoms in total. The lowest BCUT2D eigenvalue weighted by molar-refractivity contribution is 0.104. The number of furan rings is 1. The number of hydrogen-bond acceptors (Lipinski definition) is 4. The second-order valence-electron chi connectivity index (χ2n) is 5.84. The van der Waals surface area contributed by atoms with Gasteiger partial charge >= 0.3 is 0 Å². The fourth-order valence-corrected chi connectivity index (χ4v) is 2.56. The SMILES string of the molecule is CCc1ccc(C(=O)/C=C/c2ccc(-c3ccc(O)c(C=O)c3)o2)cc1. The van der Waals surface area contributed by atoms with Gasteiger partial charge in [0, 0.05) is 11.1 Å². The van der Waals surface area contributed by atoms with E-state index in [2.05, 4.69) is 6.92 Å². The molecular formula is C22H18O4. The summed E-state index contributed by atoms with van der Waals surface area (Å²) in [6.07, 6.45) is 4.60. The van der Waals surface area contributed by atoms with Gasteiger partial charge in [-0.3, -0.25) is 9.59 Å². The lowest BCUT2D eigenvalue weighted by Crippen LogP contribution is -1.94. The molecule has 0 atom stereocenters. The number of aldehydes is 1. The zero-order valence-corrected chi connectivity index (χ0v) is 14.3. The maximum absolute atomic E-state index is 12.2. The maximum Gasteiger partial charge on any atom is 0.185 e. The molecule has 0 spiro atoms. The number of hydrogen-bond donors (Lipinski definition) is 1. The standard InChI is InChI=1S/C22H18O4/c1-2-15-3-5-16(6-4-15)20(24)11-8-19-9-12-22(26-19)17-7-10-21(25)18(13-17)14-23/h3-14,25H,2H2,1H3/b11-8+. The van der Waals surface area contributed by atoms with Gasteiger partial charge in [0.05, 0.1) is 5.56 Å². The van der Waals surface area contributed by atoms with Crippen LogP contribution in [0.2, 0.25) is 0 Å². The molecule has 1 N–H and O–H groups in total. The lowest BCUT2D eigenvalue weighted by atomic mass is 10.1. The average Bonchev–Trinajstić information content (AvgIpc) is 3.15. The molecule has 1 heterocycles. The van der Waals surface area contributed by atoms with Crippen molar-refractivity contribution < 1.29 is 19.1 Å². The molecule has 0 aliphatic rings.